The number of rotatable bonds is 5. The molecule has 4 heteroatoms. The highest BCUT2D eigenvalue weighted by molar-refractivity contribution is 7.10. The van der Waals surface area contributed by atoms with Gasteiger partial charge >= 0.3 is 0 Å². The first-order valence-corrected chi connectivity index (χ1v) is 7.61. The third-order valence-electron chi connectivity index (χ3n) is 2.96. The molecule has 1 N–H and O–H groups in total. The Bertz CT molecular complexity index is 553. The second kappa shape index (κ2) is 6.51. The van der Waals surface area contributed by atoms with E-state index in [1.165, 1.54) is 16.5 Å². The molecule has 0 bridgehead atoms. The Hall–Kier alpha value is -0.900. The second-order valence-electron chi connectivity index (χ2n) is 4.55. The highest BCUT2D eigenvalue weighted by Gasteiger charge is 2.15. The molecule has 0 spiro atoms. The van der Waals surface area contributed by atoms with Crippen LogP contribution in [0.5, 0.6) is 0 Å². The first-order valence-electron chi connectivity index (χ1n) is 6.35. The van der Waals surface area contributed by atoms with Crippen LogP contribution < -0.4 is 5.32 Å². The van der Waals surface area contributed by atoms with Crippen LogP contribution in [0, 0.1) is 12.7 Å². The normalized spacial score (nSPS) is 12.6. The zero-order valence-corrected chi connectivity index (χ0v) is 12.6. The lowest BCUT2D eigenvalue weighted by Crippen LogP contribution is -2.22. The highest BCUT2D eigenvalue weighted by atomic mass is 35.5. The minimum absolute atomic E-state index is 0.0722. The summed E-state index contributed by atoms with van der Waals surface area (Å²) in [6, 6.07) is 7.16. The van der Waals surface area contributed by atoms with Crippen LogP contribution in [0.3, 0.4) is 0 Å². The molecule has 1 heterocycles. The van der Waals surface area contributed by atoms with E-state index >= 15 is 0 Å². The van der Waals surface area contributed by atoms with Crippen molar-refractivity contribution in [3.63, 3.8) is 0 Å². The molecule has 0 fully saturated rings. The Balaban J connectivity index is 2.33. The van der Waals surface area contributed by atoms with E-state index in [4.69, 9.17) is 11.6 Å². The molecule has 0 aliphatic heterocycles. The topological polar surface area (TPSA) is 12.0 Å². The van der Waals surface area contributed by atoms with Gasteiger partial charge in [-0.3, -0.25) is 0 Å². The number of thiophene rings is 1. The van der Waals surface area contributed by atoms with Crippen LogP contribution in [0.1, 0.15) is 35.4 Å². The van der Waals surface area contributed by atoms with E-state index in [1.54, 1.807) is 23.5 Å². The van der Waals surface area contributed by atoms with E-state index in [0.717, 1.165) is 18.5 Å². The maximum absolute atomic E-state index is 13.3. The van der Waals surface area contributed by atoms with E-state index in [2.05, 4.69) is 30.6 Å². The average Bonchev–Trinajstić information content (AvgIpc) is 2.80. The van der Waals surface area contributed by atoms with Crippen molar-refractivity contribution in [1.82, 2.24) is 5.32 Å². The minimum Gasteiger partial charge on any atom is -0.306 e. The van der Waals surface area contributed by atoms with Crippen molar-refractivity contribution < 1.29 is 4.39 Å². The molecule has 2 rings (SSSR count). The summed E-state index contributed by atoms with van der Waals surface area (Å²) in [4.78, 5) is 1.27. The van der Waals surface area contributed by atoms with Gasteiger partial charge in [-0.25, -0.2) is 4.39 Å². The quantitative estimate of drug-likeness (QED) is 0.824. The molecular weight excluding hydrogens is 281 g/mol. The summed E-state index contributed by atoms with van der Waals surface area (Å²) in [6.07, 6.45) is 1.05. The number of benzene rings is 1. The summed E-state index contributed by atoms with van der Waals surface area (Å²) in [6.45, 7) is 5.12. The number of halogens is 2. The molecule has 102 valence electrons. The van der Waals surface area contributed by atoms with Crippen LogP contribution >= 0.6 is 22.9 Å². The van der Waals surface area contributed by atoms with E-state index < -0.39 is 0 Å². The van der Waals surface area contributed by atoms with Gasteiger partial charge in [0, 0.05) is 4.88 Å². The lowest BCUT2D eigenvalue weighted by Gasteiger charge is -2.18. The molecule has 0 aliphatic rings. The number of hydrogen-bond acceptors (Lipinski definition) is 2. The van der Waals surface area contributed by atoms with Gasteiger partial charge in [0.1, 0.15) is 5.82 Å². The molecule has 1 nitrogen and oxygen atoms in total. The minimum atomic E-state index is -0.374. The van der Waals surface area contributed by atoms with Gasteiger partial charge in [-0.1, -0.05) is 24.6 Å². The van der Waals surface area contributed by atoms with Crippen molar-refractivity contribution in [2.45, 2.75) is 26.3 Å². The maximum atomic E-state index is 13.3. The smallest absolute Gasteiger partial charge is 0.141 e. The zero-order chi connectivity index (χ0) is 13.8. The third kappa shape index (κ3) is 3.56. The fraction of sp³-hybridized carbons (Fsp3) is 0.333. The van der Waals surface area contributed by atoms with Crippen LogP contribution in [-0.2, 0) is 0 Å². The van der Waals surface area contributed by atoms with Crippen molar-refractivity contribution in [1.29, 1.82) is 0 Å². The molecule has 19 heavy (non-hydrogen) atoms. The molecule has 1 aromatic carbocycles. The number of nitrogens with one attached hydrogen (secondary N) is 1. The summed E-state index contributed by atoms with van der Waals surface area (Å²) in [5.41, 5.74) is 2.20. The maximum Gasteiger partial charge on any atom is 0.141 e. The van der Waals surface area contributed by atoms with Crippen molar-refractivity contribution >= 4 is 22.9 Å². The summed E-state index contributed by atoms with van der Waals surface area (Å²) in [7, 11) is 0. The monoisotopic (exact) mass is 297 g/mol. The molecule has 0 radical (unpaired) electrons. The molecule has 2 aromatic rings. The van der Waals surface area contributed by atoms with Gasteiger partial charge in [-0.15, -0.1) is 11.3 Å². The van der Waals surface area contributed by atoms with Crippen molar-refractivity contribution in [2.24, 2.45) is 0 Å². The van der Waals surface area contributed by atoms with Crippen LogP contribution in [0.25, 0.3) is 0 Å². The molecule has 0 amide bonds. The summed E-state index contributed by atoms with van der Waals surface area (Å²) >= 11 is 7.61. The molecule has 1 atom stereocenters. The molecule has 1 unspecified atom stereocenters. The van der Waals surface area contributed by atoms with Gasteiger partial charge in [0.25, 0.3) is 0 Å². The largest absolute Gasteiger partial charge is 0.306 e. The van der Waals surface area contributed by atoms with Gasteiger partial charge < -0.3 is 5.32 Å². The van der Waals surface area contributed by atoms with Gasteiger partial charge in [0.05, 0.1) is 11.1 Å². The number of aryl methyl sites for hydroxylation is 1. The van der Waals surface area contributed by atoms with Gasteiger partial charge in [-0.2, -0.15) is 0 Å². The van der Waals surface area contributed by atoms with Gasteiger partial charge in [0.2, 0.25) is 0 Å². The molecular formula is C15H17ClFNS. The fourth-order valence-corrected chi connectivity index (χ4v) is 2.94. The lowest BCUT2D eigenvalue weighted by atomic mass is 10.0. The molecule has 0 aliphatic carbocycles. The number of hydrogen-bond donors (Lipinski definition) is 1. The Morgan fingerprint density at radius 3 is 2.68 bits per heavy atom. The SMILES string of the molecule is CCCNC(c1csc(C)c1)c1ccc(F)c(Cl)c1. The van der Waals surface area contributed by atoms with E-state index in [9.17, 15) is 4.39 Å². The third-order valence-corrected chi connectivity index (χ3v) is 4.13. The summed E-state index contributed by atoms with van der Waals surface area (Å²) in [5.74, 6) is -0.374. The van der Waals surface area contributed by atoms with Crippen LogP contribution in [-0.4, -0.2) is 6.54 Å². The first kappa shape index (κ1) is 14.5. The van der Waals surface area contributed by atoms with E-state index in [1.807, 2.05) is 0 Å². The molecule has 0 saturated carbocycles. The van der Waals surface area contributed by atoms with Crippen molar-refractivity contribution in [2.75, 3.05) is 6.54 Å². The second-order valence-corrected chi connectivity index (χ2v) is 6.07. The predicted octanol–water partition coefficient (Wildman–Crippen LogP) is 4.94. The summed E-state index contributed by atoms with van der Waals surface area (Å²) < 4.78 is 13.3. The summed E-state index contributed by atoms with van der Waals surface area (Å²) in [5, 5.41) is 5.80. The van der Waals surface area contributed by atoms with Crippen molar-refractivity contribution in [3.05, 3.63) is 56.5 Å². The Morgan fingerprint density at radius 2 is 2.11 bits per heavy atom. The Labute approximate surface area is 122 Å². The lowest BCUT2D eigenvalue weighted by molar-refractivity contribution is 0.594. The van der Waals surface area contributed by atoms with E-state index in [-0.39, 0.29) is 16.9 Å². The van der Waals surface area contributed by atoms with Gasteiger partial charge in [-0.05, 0) is 54.6 Å². The fourth-order valence-electron chi connectivity index (χ4n) is 2.02. The average molecular weight is 298 g/mol. The molecule has 1 aromatic heterocycles. The molecule has 0 saturated heterocycles. The van der Waals surface area contributed by atoms with Gasteiger partial charge in [0.15, 0.2) is 0 Å². The van der Waals surface area contributed by atoms with Crippen LogP contribution in [0.2, 0.25) is 5.02 Å². The predicted molar refractivity (Wildman–Crippen MR) is 80.6 cm³/mol. The van der Waals surface area contributed by atoms with Crippen LogP contribution in [0.4, 0.5) is 4.39 Å². The Kier molecular flexibility index (Phi) is 4.97. The standard InChI is InChI=1S/C15H17ClFNS/c1-3-6-18-15(12-7-10(2)19-9-12)11-4-5-14(17)13(16)8-11/h4-5,7-9,15,18H,3,6H2,1-2H3. The Morgan fingerprint density at radius 1 is 1.32 bits per heavy atom. The highest BCUT2D eigenvalue weighted by Crippen LogP contribution is 2.28. The van der Waals surface area contributed by atoms with E-state index in [0.29, 0.717) is 0 Å². The van der Waals surface area contributed by atoms with Crippen molar-refractivity contribution in [3.8, 4) is 0 Å². The zero-order valence-electron chi connectivity index (χ0n) is 11.0. The first-order chi connectivity index (χ1) is 9.11. The van der Waals surface area contributed by atoms with Crippen LogP contribution in [0.15, 0.2) is 29.6 Å².